The topological polar surface area (TPSA) is 56.0 Å². The minimum atomic E-state index is -0.436. The van der Waals surface area contributed by atoms with Crippen molar-refractivity contribution in [3.8, 4) is 6.07 Å². The number of halogens is 2. The second kappa shape index (κ2) is 5.25. The van der Waals surface area contributed by atoms with Gasteiger partial charge >= 0.3 is 0 Å². The van der Waals surface area contributed by atoms with E-state index >= 15 is 0 Å². The van der Waals surface area contributed by atoms with E-state index in [1.54, 1.807) is 12.1 Å². The molecule has 0 amide bonds. The third-order valence-electron chi connectivity index (χ3n) is 3.46. The number of hydrogen-bond acceptors (Lipinski definition) is 3. The van der Waals surface area contributed by atoms with Crippen LogP contribution in [0.2, 0.25) is 0 Å². The first-order valence-corrected chi connectivity index (χ1v) is 6.64. The van der Waals surface area contributed by atoms with Gasteiger partial charge in [-0.25, -0.2) is 4.39 Å². The third-order valence-corrected chi connectivity index (χ3v) is 4.23. The van der Waals surface area contributed by atoms with Gasteiger partial charge in [-0.1, -0.05) is 0 Å². The molecule has 1 aliphatic rings. The number of nitrogens with zero attached hydrogens (tertiary/aromatic N) is 1. The van der Waals surface area contributed by atoms with E-state index in [0.29, 0.717) is 12.2 Å². The van der Waals surface area contributed by atoms with Crippen molar-refractivity contribution in [3.05, 3.63) is 28.0 Å². The Labute approximate surface area is 114 Å². The molecule has 0 atom stereocenters. The monoisotopic (exact) mass is 312 g/mol. The number of benzene rings is 1. The summed E-state index contributed by atoms with van der Waals surface area (Å²) >= 11 is 3.08. The molecule has 18 heavy (non-hydrogen) atoms. The molecule has 1 aromatic rings. The number of aliphatic hydroxyl groups excluding tert-OH is 1. The van der Waals surface area contributed by atoms with Crippen LogP contribution < -0.4 is 5.32 Å². The van der Waals surface area contributed by atoms with E-state index in [2.05, 4.69) is 21.2 Å². The lowest BCUT2D eigenvalue weighted by Gasteiger charge is -2.16. The molecule has 0 unspecified atom stereocenters. The van der Waals surface area contributed by atoms with Gasteiger partial charge in [-0.3, -0.25) is 0 Å². The molecular formula is C13H14BrFN2O. The van der Waals surface area contributed by atoms with Crippen molar-refractivity contribution in [2.24, 2.45) is 5.41 Å². The minimum Gasteiger partial charge on any atom is -0.396 e. The van der Waals surface area contributed by atoms with Crippen LogP contribution in [0.15, 0.2) is 16.6 Å². The number of hydrogen-bond donors (Lipinski definition) is 2. The van der Waals surface area contributed by atoms with Crippen molar-refractivity contribution in [3.63, 3.8) is 0 Å². The summed E-state index contributed by atoms with van der Waals surface area (Å²) in [5.41, 5.74) is 0.807. The van der Waals surface area contributed by atoms with Gasteiger partial charge in [0, 0.05) is 13.2 Å². The molecule has 1 fully saturated rings. The van der Waals surface area contributed by atoms with Gasteiger partial charge < -0.3 is 10.4 Å². The zero-order chi connectivity index (χ0) is 13.2. The van der Waals surface area contributed by atoms with Gasteiger partial charge in [-0.2, -0.15) is 5.26 Å². The van der Waals surface area contributed by atoms with Gasteiger partial charge in [-0.05, 0) is 52.7 Å². The minimum absolute atomic E-state index is 0.127. The van der Waals surface area contributed by atoms with Gasteiger partial charge in [0.25, 0.3) is 0 Å². The Kier molecular flexibility index (Phi) is 3.88. The predicted octanol–water partition coefficient (Wildman–Crippen LogP) is 3.03. The molecule has 96 valence electrons. The average molecular weight is 313 g/mol. The lowest BCUT2D eigenvalue weighted by Crippen LogP contribution is -2.17. The SMILES string of the molecule is N#Cc1ccc(NCC2(CCO)CC2)c(F)c1Br. The van der Waals surface area contributed by atoms with Crippen LogP contribution in [-0.2, 0) is 0 Å². The van der Waals surface area contributed by atoms with E-state index in [4.69, 9.17) is 10.4 Å². The predicted molar refractivity (Wildman–Crippen MR) is 70.7 cm³/mol. The molecule has 0 spiro atoms. The van der Waals surface area contributed by atoms with Crippen LogP contribution in [0.1, 0.15) is 24.8 Å². The first-order chi connectivity index (χ1) is 8.62. The number of anilines is 1. The normalized spacial score (nSPS) is 16.1. The van der Waals surface area contributed by atoms with E-state index < -0.39 is 5.82 Å². The van der Waals surface area contributed by atoms with Gasteiger partial charge in [0.15, 0.2) is 5.82 Å². The fraction of sp³-hybridized carbons (Fsp3) is 0.462. The lowest BCUT2D eigenvalue weighted by molar-refractivity contribution is 0.253. The number of aliphatic hydroxyl groups is 1. The number of rotatable bonds is 5. The highest BCUT2D eigenvalue weighted by Crippen LogP contribution is 2.48. The van der Waals surface area contributed by atoms with Gasteiger partial charge in [0.2, 0.25) is 0 Å². The van der Waals surface area contributed by atoms with E-state index in [1.807, 2.05) is 6.07 Å². The smallest absolute Gasteiger partial charge is 0.161 e. The molecule has 0 heterocycles. The Morgan fingerprint density at radius 2 is 2.22 bits per heavy atom. The largest absolute Gasteiger partial charge is 0.396 e. The van der Waals surface area contributed by atoms with E-state index in [9.17, 15) is 4.39 Å². The van der Waals surface area contributed by atoms with Crippen LogP contribution in [-0.4, -0.2) is 18.3 Å². The Bertz CT molecular complexity index is 494. The quantitative estimate of drug-likeness (QED) is 0.878. The van der Waals surface area contributed by atoms with Crippen LogP contribution >= 0.6 is 15.9 Å². The maximum Gasteiger partial charge on any atom is 0.161 e. The summed E-state index contributed by atoms with van der Waals surface area (Å²) in [5.74, 6) is -0.436. The summed E-state index contributed by atoms with van der Waals surface area (Å²) in [6, 6.07) is 5.08. The Hall–Kier alpha value is -1.12. The molecule has 5 heteroatoms. The van der Waals surface area contributed by atoms with Crippen LogP contribution in [0.3, 0.4) is 0 Å². The van der Waals surface area contributed by atoms with E-state index in [-0.39, 0.29) is 22.1 Å². The maximum atomic E-state index is 13.9. The maximum absolute atomic E-state index is 13.9. The highest BCUT2D eigenvalue weighted by Gasteiger charge is 2.41. The molecule has 0 bridgehead atoms. The van der Waals surface area contributed by atoms with Gasteiger partial charge in [0.1, 0.15) is 6.07 Å². The fourth-order valence-corrected chi connectivity index (χ4v) is 2.42. The van der Waals surface area contributed by atoms with Gasteiger partial charge in [0.05, 0.1) is 15.7 Å². The summed E-state index contributed by atoms with van der Waals surface area (Å²) in [6.07, 6.45) is 2.89. The van der Waals surface area contributed by atoms with Crippen LogP contribution in [0.4, 0.5) is 10.1 Å². The Morgan fingerprint density at radius 3 is 2.78 bits per heavy atom. The molecule has 2 N–H and O–H groups in total. The van der Waals surface area contributed by atoms with Crippen molar-refractivity contribution in [1.82, 2.24) is 0 Å². The Balaban J connectivity index is 2.07. The lowest BCUT2D eigenvalue weighted by atomic mass is 10.0. The van der Waals surface area contributed by atoms with Crippen LogP contribution in [0.25, 0.3) is 0 Å². The molecule has 0 aliphatic heterocycles. The van der Waals surface area contributed by atoms with E-state index in [0.717, 1.165) is 19.3 Å². The van der Waals surface area contributed by atoms with Crippen molar-refractivity contribution >= 4 is 21.6 Å². The zero-order valence-electron chi connectivity index (χ0n) is 9.84. The molecule has 2 rings (SSSR count). The van der Waals surface area contributed by atoms with Crippen molar-refractivity contribution < 1.29 is 9.50 Å². The van der Waals surface area contributed by atoms with Crippen molar-refractivity contribution in [1.29, 1.82) is 5.26 Å². The fourth-order valence-electron chi connectivity index (χ4n) is 1.98. The zero-order valence-corrected chi connectivity index (χ0v) is 11.4. The molecule has 0 radical (unpaired) electrons. The highest BCUT2D eigenvalue weighted by atomic mass is 79.9. The van der Waals surface area contributed by atoms with E-state index in [1.165, 1.54) is 0 Å². The molecule has 1 saturated carbocycles. The summed E-state index contributed by atoms with van der Waals surface area (Å²) in [4.78, 5) is 0. The molecule has 3 nitrogen and oxygen atoms in total. The van der Waals surface area contributed by atoms with Crippen LogP contribution in [0, 0.1) is 22.6 Å². The van der Waals surface area contributed by atoms with Crippen molar-refractivity contribution in [2.75, 3.05) is 18.5 Å². The Morgan fingerprint density at radius 1 is 1.50 bits per heavy atom. The third kappa shape index (κ3) is 2.65. The van der Waals surface area contributed by atoms with Gasteiger partial charge in [-0.15, -0.1) is 0 Å². The number of nitriles is 1. The first kappa shape index (κ1) is 13.3. The summed E-state index contributed by atoms with van der Waals surface area (Å²) in [7, 11) is 0. The van der Waals surface area contributed by atoms with Crippen molar-refractivity contribution in [2.45, 2.75) is 19.3 Å². The standard InChI is InChI=1S/C13H14BrFN2O/c14-11-9(7-16)1-2-10(12(11)15)17-8-13(3-4-13)5-6-18/h1-2,17-18H,3-6,8H2. The van der Waals surface area contributed by atoms with Crippen LogP contribution in [0.5, 0.6) is 0 Å². The summed E-state index contributed by atoms with van der Waals surface area (Å²) in [6.45, 7) is 0.823. The first-order valence-electron chi connectivity index (χ1n) is 5.85. The summed E-state index contributed by atoms with van der Waals surface area (Å²) < 4.78 is 14.1. The molecule has 1 aliphatic carbocycles. The average Bonchev–Trinajstić information content (AvgIpc) is 3.12. The highest BCUT2D eigenvalue weighted by molar-refractivity contribution is 9.10. The number of nitrogens with one attached hydrogen (secondary N) is 1. The second-order valence-corrected chi connectivity index (χ2v) is 5.52. The summed E-state index contributed by atoms with van der Waals surface area (Å²) in [5, 5.41) is 20.8. The second-order valence-electron chi connectivity index (χ2n) is 4.73. The molecule has 1 aromatic carbocycles. The molecular weight excluding hydrogens is 299 g/mol. The molecule has 0 aromatic heterocycles. The molecule has 0 saturated heterocycles.